The number of hydrogen-bond acceptors (Lipinski definition) is 6. The first-order valence-electron chi connectivity index (χ1n) is 8.45. The van der Waals surface area contributed by atoms with Gasteiger partial charge in [0, 0.05) is 13.0 Å². The Balaban J connectivity index is 4.26. The molecule has 0 aromatic heterocycles. The minimum atomic E-state index is -1.20. The maximum Gasteiger partial charge on any atom is 0.407 e. The zero-order chi connectivity index (χ0) is 20.5. The van der Waals surface area contributed by atoms with E-state index in [0.29, 0.717) is 6.42 Å². The maximum absolute atomic E-state index is 12.2. The van der Waals surface area contributed by atoms with Crippen molar-refractivity contribution >= 4 is 23.9 Å². The molecule has 0 bridgehead atoms. The Bertz CT molecular complexity index is 525. The number of hydrogen-bond donors (Lipinski definition) is 3. The lowest BCUT2D eigenvalue weighted by Crippen LogP contribution is -2.57. The molecule has 0 saturated heterocycles. The first-order valence-corrected chi connectivity index (χ1v) is 8.45. The average molecular weight is 373 g/mol. The van der Waals surface area contributed by atoms with Crippen molar-refractivity contribution in [3.05, 3.63) is 0 Å². The molecule has 1 atom stereocenters. The van der Waals surface area contributed by atoms with E-state index in [1.165, 1.54) is 27.9 Å². The average Bonchev–Trinajstić information content (AvgIpc) is 2.48. The lowest BCUT2D eigenvalue weighted by atomic mass is 10.0. The van der Waals surface area contributed by atoms with Gasteiger partial charge < -0.3 is 25.4 Å². The van der Waals surface area contributed by atoms with E-state index in [2.05, 4.69) is 20.7 Å². The van der Waals surface area contributed by atoms with E-state index in [0.717, 1.165) is 0 Å². The number of esters is 1. The van der Waals surface area contributed by atoms with Crippen LogP contribution in [0.2, 0.25) is 0 Å². The molecule has 150 valence electrons. The Hall–Kier alpha value is -2.32. The van der Waals surface area contributed by atoms with Crippen LogP contribution in [-0.4, -0.2) is 54.7 Å². The first-order chi connectivity index (χ1) is 11.8. The largest absolute Gasteiger partial charge is 0.467 e. The molecule has 0 spiro atoms. The third-order valence-corrected chi connectivity index (χ3v) is 3.17. The number of carbonyl (C=O) groups excluding carboxylic acids is 4. The van der Waals surface area contributed by atoms with Crippen molar-refractivity contribution in [3.8, 4) is 0 Å². The Morgan fingerprint density at radius 3 is 2.12 bits per heavy atom. The first kappa shape index (κ1) is 23.7. The van der Waals surface area contributed by atoms with Gasteiger partial charge in [-0.05, 0) is 48.0 Å². The van der Waals surface area contributed by atoms with E-state index >= 15 is 0 Å². The third kappa shape index (κ3) is 9.85. The molecule has 3 N–H and O–H groups in total. The van der Waals surface area contributed by atoms with Crippen LogP contribution in [0.25, 0.3) is 0 Å². The summed E-state index contributed by atoms with van der Waals surface area (Å²) in [5.41, 5.74) is -1.78. The van der Waals surface area contributed by atoms with Gasteiger partial charge in [0.1, 0.15) is 17.2 Å². The van der Waals surface area contributed by atoms with Crippen LogP contribution in [0.5, 0.6) is 0 Å². The number of methoxy groups -OCH3 is 1. The van der Waals surface area contributed by atoms with Gasteiger partial charge in [0.25, 0.3) is 0 Å². The van der Waals surface area contributed by atoms with Crippen molar-refractivity contribution in [1.29, 1.82) is 0 Å². The summed E-state index contributed by atoms with van der Waals surface area (Å²) in [6.07, 6.45) is -0.0326. The minimum Gasteiger partial charge on any atom is -0.467 e. The molecule has 0 aromatic rings. The summed E-state index contributed by atoms with van der Waals surface area (Å²) >= 11 is 0. The summed E-state index contributed by atoms with van der Waals surface area (Å²) in [5, 5.41) is 7.63. The summed E-state index contributed by atoms with van der Waals surface area (Å²) in [5.74, 6) is -1.42. The molecule has 0 aliphatic heterocycles. The summed E-state index contributed by atoms with van der Waals surface area (Å²) in [6.45, 7) is 10.1. The van der Waals surface area contributed by atoms with Crippen molar-refractivity contribution < 1.29 is 28.7 Å². The zero-order valence-corrected chi connectivity index (χ0v) is 16.6. The molecule has 0 aliphatic carbocycles. The molecular weight excluding hydrogens is 342 g/mol. The number of ether oxygens (including phenoxy) is 2. The van der Waals surface area contributed by atoms with Gasteiger partial charge in [0.2, 0.25) is 11.8 Å². The highest BCUT2D eigenvalue weighted by Gasteiger charge is 2.31. The van der Waals surface area contributed by atoms with Crippen LogP contribution >= 0.6 is 0 Å². The molecule has 0 fully saturated rings. The second kappa shape index (κ2) is 9.98. The van der Waals surface area contributed by atoms with Crippen molar-refractivity contribution in [2.45, 2.75) is 71.6 Å². The monoisotopic (exact) mass is 373 g/mol. The van der Waals surface area contributed by atoms with Crippen LogP contribution in [0.4, 0.5) is 4.79 Å². The van der Waals surface area contributed by atoms with Crippen molar-refractivity contribution in [2.24, 2.45) is 0 Å². The second-order valence-corrected chi connectivity index (χ2v) is 7.42. The van der Waals surface area contributed by atoms with E-state index in [4.69, 9.17) is 4.74 Å². The molecular formula is C17H31N3O6. The fraction of sp³-hybridized carbons (Fsp3) is 0.765. The fourth-order valence-corrected chi connectivity index (χ4v) is 1.83. The maximum atomic E-state index is 12.2. The van der Waals surface area contributed by atoms with Crippen LogP contribution in [0.1, 0.15) is 54.4 Å². The fourth-order valence-electron chi connectivity index (χ4n) is 1.83. The zero-order valence-electron chi connectivity index (χ0n) is 16.6. The topological polar surface area (TPSA) is 123 Å². The van der Waals surface area contributed by atoms with Gasteiger partial charge in [-0.3, -0.25) is 9.59 Å². The molecule has 0 rings (SSSR count). The van der Waals surface area contributed by atoms with Crippen LogP contribution < -0.4 is 16.0 Å². The summed E-state index contributed by atoms with van der Waals surface area (Å²) in [4.78, 5) is 47.0. The lowest BCUT2D eigenvalue weighted by molar-refractivity contribution is -0.145. The second-order valence-electron chi connectivity index (χ2n) is 7.42. The van der Waals surface area contributed by atoms with Gasteiger partial charge in [-0.15, -0.1) is 0 Å². The summed E-state index contributed by atoms with van der Waals surface area (Å²) < 4.78 is 9.62. The Morgan fingerprint density at radius 2 is 1.62 bits per heavy atom. The molecule has 0 saturated carbocycles. The number of carbonyl (C=O) groups is 4. The molecule has 26 heavy (non-hydrogen) atoms. The Kier molecular flexibility index (Phi) is 9.09. The number of amides is 3. The highest BCUT2D eigenvalue weighted by molar-refractivity contribution is 5.93. The molecule has 3 amide bonds. The number of nitrogens with one attached hydrogen (secondary N) is 3. The summed E-state index contributed by atoms with van der Waals surface area (Å²) in [7, 11) is 1.23. The quantitative estimate of drug-likeness (QED) is 0.428. The van der Waals surface area contributed by atoms with Gasteiger partial charge in [0.05, 0.1) is 7.11 Å². The summed E-state index contributed by atoms with van der Waals surface area (Å²) in [6, 6.07) is -0.818. The van der Waals surface area contributed by atoms with Crippen molar-refractivity contribution in [2.75, 3.05) is 13.7 Å². The predicted molar refractivity (Wildman–Crippen MR) is 95.3 cm³/mol. The molecule has 0 unspecified atom stereocenters. The van der Waals surface area contributed by atoms with Crippen molar-refractivity contribution in [1.82, 2.24) is 16.0 Å². The lowest BCUT2D eigenvalue weighted by Gasteiger charge is -2.26. The smallest absolute Gasteiger partial charge is 0.407 e. The van der Waals surface area contributed by atoms with Gasteiger partial charge in [0.15, 0.2) is 0 Å². The van der Waals surface area contributed by atoms with Gasteiger partial charge in [-0.1, -0.05) is 0 Å². The Morgan fingerprint density at radius 1 is 1.04 bits per heavy atom. The third-order valence-electron chi connectivity index (χ3n) is 3.17. The van der Waals surface area contributed by atoms with Gasteiger partial charge in [-0.2, -0.15) is 0 Å². The van der Waals surface area contributed by atoms with Gasteiger partial charge in [-0.25, -0.2) is 9.59 Å². The number of rotatable bonds is 8. The normalized spacial score (nSPS) is 12.6. The van der Waals surface area contributed by atoms with E-state index in [1.807, 2.05) is 0 Å². The molecule has 0 aliphatic rings. The highest BCUT2D eigenvalue weighted by atomic mass is 16.6. The van der Waals surface area contributed by atoms with Crippen LogP contribution in [-0.2, 0) is 23.9 Å². The van der Waals surface area contributed by atoms with Crippen LogP contribution in [0.3, 0.4) is 0 Å². The van der Waals surface area contributed by atoms with E-state index in [-0.39, 0.29) is 18.9 Å². The SMILES string of the molecule is COC(=O)[C@H](C)NC(=O)C(C)(C)NC(=O)CCCNC(=O)OC(C)(C)C. The highest BCUT2D eigenvalue weighted by Crippen LogP contribution is 2.07. The Labute approximate surface area is 154 Å². The van der Waals surface area contributed by atoms with Crippen molar-refractivity contribution in [3.63, 3.8) is 0 Å². The van der Waals surface area contributed by atoms with E-state index in [9.17, 15) is 19.2 Å². The van der Waals surface area contributed by atoms with Gasteiger partial charge >= 0.3 is 12.1 Å². The molecule has 9 heteroatoms. The predicted octanol–water partition coefficient (Wildman–Crippen LogP) is 0.864. The minimum absolute atomic E-state index is 0.124. The number of alkyl carbamates (subject to hydrolysis) is 1. The van der Waals surface area contributed by atoms with E-state index in [1.54, 1.807) is 20.8 Å². The van der Waals surface area contributed by atoms with Crippen LogP contribution in [0, 0.1) is 0 Å². The molecule has 0 aromatic carbocycles. The molecule has 0 radical (unpaired) electrons. The van der Waals surface area contributed by atoms with E-state index < -0.39 is 35.2 Å². The van der Waals surface area contributed by atoms with Crippen LogP contribution in [0.15, 0.2) is 0 Å². The molecule has 0 heterocycles. The molecule has 9 nitrogen and oxygen atoms in total. The standard InChI is InChI=1S/C17H31N3O6/c1-11(13(22)25-7)19-14(23)17(5,6)20-12(21)9-8-10-18-15(24)26-16(2,3)4/h11H,8-10H2,1-7H3,(H,18,24)(H,19,23)(H,20,21)/t11-/m0/s1.